The lowest BCUT2D eigenvalue weighted by Crippen LogP contribution is -2.40. The minimum Gasteiger partial charge on any atom is -0.348 e. The van der Waals surface area contributed by atoms with E-state index in [0.717, 1.165) is 35.7 Å². The molecule has 166 valence electrons. The summed E-state index contributed by atoms with van der Waals surface area (Å²) in [5, 5.41) is 5.85. The SMILES string of the molecule is Cc1nc(CC(=O)N2CCCC(c3ncc(C(=O)NCc4ccccc4)c(C)n3)C2)cs1. The minimum atomic E-state index is -0.183. The summed E-state index contributed by atoms with van der Waals surface area (Å²) in [5.41, 5.74) is 3.00. The van der Waals surface area contributed by atoms with Gasteiger partial charge in [0.2, 0.25) is 5.91 Å². The zero-order valence-electron chi connectivity index (χ0n) is 18.4. The third kappa shape index (κ3) is 5.37. The first-order chi connectivity index (χ1) is 15.5. The lowest BCUT2D eigenvalue weighted by Gasteiger charge is -2.32. The molecule has 32 heavy (non-hydrogen) atoms. The Morgan fingerprint density at radius 3 is 2.72 bits per heavy atom. The number of likely N-dealkylation sites (tertiary alicyclic amines) is 1. The first kappa shape index (κ1) is 22.1. The second kappa shape index (κ2) is 9.99. The minimum absolute atomic E-state index is 0.0741. The molecule has 1 aliphatic rings. The number of aryl methyl sites for hydroxylation is 2. The van der Waals surface area contributed by atoms with Crippen molar-refractivity contribution in [2.75, 3.05) is 13.1 Å². The molecule has 1 N–H and O–H groups in total. The molecule has 1 saturated heterocycles. The second-order valence-electron chi connectivity index (χ2n) is 8.11. The first-order valence-corrected chi connectivity index (χ1v) is 11.7. The molecule has 0 radical (unpaired) electrons. The fourth-order valence-electron chi connectivity index (χ4n) is 3.95. The highest BCUT2D eigenvalue weighted by molar-refractivity contribution is 7.09. The van der Waals surface area contributed by atoms with Crippen molar-refractivity contribution >= 4 is 23.2 Å². The van der Waals surface area contributed by atoms with Crippen LogP contribution in [-0.4, -0.2) is 44.8 Å². The molecular formula is C24H27N5O2S. The van der Waals surface area contributed by atoms with Crippen LogP contribution < -0.4 is 5.32 Å². The summed E-state index contributed by atoms with van der Waals surface area (Å²) in [4.78, 5) is 40.8. The Bertz CT molecular complexity index is 1100. The number of thiazole rings is 1. The summed E-state index contributed by atoms with van der Waals surface area (Å²) < 4.78 is 0. The summed E-state index contributed by atoms with van der Waals surface area (Å²) >= 11 is 1.56. The Morgan fingerprint density at radius 2 is 2.00 bits per heavy atom. The number of carbonyl (C=O) groups is 2. The van der Waals surface area contributed by atoms with Gasteiger partial charge in [0.1, 0.15) is 5.82 Å². The Hall–Kier alpha value is -3.13. The molecule has 1 atom stereocenters. The highest BCUT2D eigenvalue weighted by Gasteiger charge is 2.27. The van der Waals surface area contributed by atoms with Crippen molar-refractivity contribution in [3.63, 3.8) is 0 Å². The summed E-state index contributed by atoms with van der Waals surface area (Å²) in [6.45, 7) is 5.58. The van der Waals surface area contributed by atoms with E-state index < -0.39 is 0 Å². The second-order valence-corrected chi connectivity index (χ2v) is 9.17. The Labute approximate surface area is 191 Å². The van der Waals surface area contributed by atoms with Gasteiger partial charge in [-0.15, -0.1) is 11.3 Å². The number of hydrogen-bond donors (Lipinski definition) is 1. The molecule has 0 spiro atoms. The monoisotopic (exact) mass is 449 g/mol. The number of nitrogens with zero attached hydrogens (tertiary/aromatic N) is 4. The van der Waals surface area contributed by atoms with Gasteiger partial charge in [-0.2, -0.15) is 0 Å². The van der Waals surface area contributed by atoms with E-state index in [2.05, 4.69) is 20.3 Å². The van der Waals surface area contributed by atoms with E-state index in [9.17, 15) is 9.59 Å². The average Bonchev–Trinajstić information content (AvgIpc) is 3.22. The maximum absolute atomic E-state index is 12.7. The number of aromatic nitrogens is 3. The molecule has 1 aromatic carbocycles. The van der Waals surface area contributed by atoms with E-state index in [1.54, 1.807) is 17.5 Å². The van der Waals surface area contributed by atoms with Crippen molar-refractivity contribution < 1.29 is 9.59 Å². The van der Waals surface area contributed by atoms with Gasteiger partial charge >= 0.3 is 0 Å². The van der Waals surface area contributed by atoms with E-state index in [1.165, 1.54) is 0 Å². The molecule has 2 amide bonds. The molecule has 0 bridgehead atoms. The van der Waals surface area contributed by atoms with E-state index in [-0.39, 0.29) is 17.7 Å². The van der Waals surface area contributed by atoms with Crippen molar-refractivity contribution in [3.8, 4) is 0 Å². The van der Waals surface area contributed by atoms with Crippen LogP contribution in [0.5, 0.6) is 0 Å². The fraction of sp³-hybridized carbons (Fsp3) is 0.375. The van der Waals surface area contributed by atoms with Crippen molar-refractivity contribution in [1.82, 2.24) is 25.2 Å². The van der Waals surface area contributed by atoms with Gasteiger partial charge in [0.25, 0.3) is 5.91 Å². The molecule has 4 rings (SSSR count). The smallest absolute Gasteiger partial charge is 0.254 e. The van der Waals surface area contributed by atoms with E-state index in [4.69, 9.17) is 0 Å². The fourth-order valence-corrected chi connectivity index (χ4v) is 4.56. The zero-order valence-corrected chi connectivity index (χ0v) is 19.2. The highest BCUT2D eigenvalue weighted by atomic mass is 32.1. The maximum Gasteiger partial charge on any atom is 0.254 e. The number of nitrogens with one attached hydrogen (secondary N) is 1. The molecular weight excluding hydrogens is 422 g/mol. The molecule has 3 aromatic rings. The Morgan fingerprint density at radius 1 is 1.19 bits per heavy atom. The van der Waals surface area contributed by atoms with Crippen LogP contribution in [-0.2, 0) is 17.8 Å². The first-order valence-electron chi connectivity index (χ1n) is 10.8. The molecule has 0 aliphatic carbocycles. The van der Waals surface area contributed by atoms with Crippen LogP contribution in [0.25, 0.3) is 0 Å². The molecule has 7 nitrogen and oxygen atoms in total. The van der Waals surface area contributed by atoms with Crippen molar-refractivity contribution in [2.45, 2.75) is 45.6 Å². The highest BCUT2D eigenvalue weighted by Crippen LogP contribution is 2.25. The Kier molecular flexibility index (Phi) is 6.90. The van der Waals surface area contributed by atoms with Gasteiger partial charge < -0.3 is 10.2 Å². The number of carbonyl (C=O) groups excluding carboxylic acids is 2. The average molecular weight is 450 g/mol. The van der Waals surface area contributed by atoms with Crippen LogP contribution >= 0.6 is 11.3 Å². The van der Waals surface area contributed by atoms with Gasteiger partial charge in [0.05, 0.1) is 28.4 Å². The van der Waals surface area contributed by atoms with Gasteiger partial charge in [-0.1, -0.05) is 30.3 Å². The van der Waals surface area contributed by atoms with Gasteiger partial charge in [0.15, 0.2) is 0 Å². The van der Waals surface area contributed by atoms with Gasteiger partial charge in [-0.05, 0) is 32.3 Å². The summed E-state index contributed by atoms with van der Waals surface area (Å²) in [7, 11) is 0. The van der Waals surface area contributed by atoms with Gasteiger partial charge in [-0.25, -0.2) is 15.0 Å². The molecule has 3 heterocycles. The molecule has 1 aliphatic heterocycles. The third-order valence-corrected chi connectivity index (χ3v) is 6.50. The third-order valence-electron chi connectivity index (χ3n) is 5.68. The van der Waals surface area contributed by atoms with Crippen molar-refractivity contribution in [3.05, 3.63) is 75.3 Å². The number of benzene rings is 1. The number of amides is 2. The predicted molar refractivity (Wildman–Crippen MR) is 123 cm³/mol. The topological polar surface area (TPSA) is 88.1 Å². The van der Waals surface area contributed by atoms with E-state index in [0.29, 0.717) is 36.6 Å². The molecule has 2 aromatic heterocycles. The van der Waals surface area contributed by atoms with Crippen molar-refractivity contribution in [2.24, 2.45) is 0 Å². The zero-order chi connectivity index (χ0) is 22.5. The van der Waals surface area contributed by atoms with Crippen LogP contribution in [0.4, 0.5) is 0 Å². The van der Waals surface area contributed by atoms with Crippen LogP contribution in [0.15, 0.2) is 41.9 Å². The molecule has 1 fully saturated rings. The van der Waals surface area contributed by atoms with Crippen molar-refractivity contribution in [1.29, 1.82) is 0 Å². The number of hydrogen-bond acceptors (Lipinski definition) is 6. The van der Waals surface area contributed by atoms with Gasteiger partial charge in [-0.3, -0.25) is 9.59 Å². The quantitative estimate of drug-likeness (QED) is 0.623. The lowest BCUT2D eigenvalue weighted by molar-refractivity contribution is -0.131. The maximum atomic E-state index is 12.7. The largest absolute Gasteiger partial charge is 0.348 e. The molecule has 0 saturated carbocycles. The van der Waals surface area contributed by atoms with E-state index >= 15 is 0 Å². The van der Waals surface area contributed by atoms with Crippen LogP contribution in [0.1, 0.15) is 56.9 Å². The normalized spacial score (nSPS) is 16.1. The summed E-state index contributed by atoms with van der Waals surface area (Å²) in [5.74, 6) is 0.680. The van der Waals surface area contributed by atoms with Crippen LogP contribution in [0.2, 0.25) is 0 Å². The van der Waals surface area contributed by atoms with Crippen LogP contribution in [0, 0.1) is 13.8 Å². The lowest BCUT2D eigenvalue weighted by atomic mass is 9.96. The number of rotatable bonds is 6. The van der Waals surface area contributed by atoms with Crippen LogP contribution in [0.3, 0.4) is 0 Å². The summed E-state index contributed by atoms with van der Waals surface area (Å²) in [6, 6.07) is 9.78. The Balaban J connectivity index is 1.38. The van der Waals surface area contributed by atoms with E-state index in [1.807, 2.05) is 54.5 Å². The predicted octanol–water partition coefficient (Wildman–Crippen LogP) is 3.43. The standard InChI is InChI=1S/C24H27N5O2S/c1-16-21(24(31)26-12-18-7-4-3-5-8-18)13-25-23(27-16)19-9-6-10-29(14-19)22(30)11-20-15-32-17(2)28-20/h3-5,7-8,13,15,19H,6,9-12,14H2,1-2H3,(H,26,31). The molecule has 8 heteroatoms. The number of piperidine rings is 1. The molecule has 1 unspecified atom stereocenters. The summed E-state index contributed by atoms with van der Waals surface area (Å²) in [6.07, 6.45) is 3.78. The van der Waals surface area contributed by atoms with Gasteiger partial charge in [0, 0.05) is 37.1 Å².